The highest BCUT2D eigenvalue weighted by Crippen LogP contribution is 2.29. The molecule has 1 heterocycles. The van der Waals surface area contributed by atoms with Crippen LogP contribution in [0.3, 0.4) is 0 Å². The van der Waals surface area contributed by atoms with E-state index in [1.165, 1.54) is 6.33 Å². The highest BCUT2D eigenvalue weighted by atomic mass is 35.5. The molecule has 0 atom stereocenters. The smallest absolute Gasteiger partial charge is 0.137 e. The lowest BCUT2D eigenvalue weighted by Crippen LogP contribution is -2.05. The average molecular weight is 385 g/mol. The summed E-state index contributed by atoms with van der Waals surface area (Å²) in [5.74, 6) is 2.77. The maximum atomic E-state index is 6.16. The first-order chi connectivity index (χ1) is 13.0. The molecule has 0 unspecified atom stereocenters. The van der Waals surface area contributed by atoms with Crippen molar-refractivity contribution in [2.75, 3.05) is 17.7 Å². The number of nitrogens with one attached hydrogen (secondary N) is 2. The third kappa shape index (κ3) is 5.24. The molecule has 0 amide bonds. The van der Waals surface area contributed by atoms with Crippen LogP contribution in [0.2, 0.25) is 5.02 Å². The van der Waals surface area contributed by atoms with Gasteiger partial charge in [0.05, 0.1) is 18.2 Å². The SMILES string of the molecule is COc1ccc(Nc2cc(Nc3ccc(OC(C)C)cc3)ncn2)cc1Cl. The van der Waals surface area contributed by atoms with E-state index in [9.17, 15) is 0 Å². The number of hydrogen-bond donors (Lipinski definition) is 2. The number of anilines is 4. The Labute approximate surface area is 163 Å². The van der Waals surface area contributed by atoms with Gasteiger partial charge in [-0.15, -0.1) is 0 Å². The van der Waals surface area contributed by atoms with Gasteiger partial charge >= 0.3 is 0 Å². The van der Waals surface area contributed by atoms with Crippen LogP contribution in [-0.4, -0.2) is 23.2 Å². The van der Waals surface area contributed by atoms with E-state index in [4.69, 9.17) is 21.1 Å². The molecule has 0 aliphatic carbocycles. The molecule has 0 saturated heterocycles. The van der Waals surface area contributed by atoms with Gasteiger partial charge in [0.15, 0.2) is 0 Å². The van der Waals surface area contributed by atoms with Gasteiger partial charge in [-0.25, -0.2) is 9.97 Å². The van der Waals surface area contributed by atoms with Crippen LogP contribution in [0, 0.1) is 0 Å². The summed E-state index contributed by atoms with van der Waals surface area (Å²) in [6.45, 7) is 4.00. The molecule has 6 nitrogen and oxygen atoms in total. The van der Waals surface area contributed by atoms with Crippen molar-refractivity contribution in [2.24, 2.45) is 0 Å². The molecule has 0 saturated carbocycles. The van der Waals surface area contributed by atoms with Crippen molar-refractivity contribution in [1.82, 2.24) is 9.97 Å². The summed E-state index contributed by atoms with van der Waals surface area (Å²) in [6, 6.07) is 15.0. The second-order valence-electron chi connectivity index (χ2n) is 6.08. The monoisotopic (exact) mass is 384 g/mol. The van der Waals surface area contributed by atoms with Crippen LogP contribution < -0.4 is 20.1 Å². The summed E-state index contributed by atoms with van der Waals surface area (Å²) >= 11 is 6.16. The first-order valence-corrected chi connectivity index (χ1v) is 8.87. The number of nitrogens with zero attached hydrogens (tertiary/aromatic N) is 2. The number of methoxy groups -OCH3 is 1. The standard InChI is InChI=1S/C20H21ClN4O2/c1-13(2)27-16-7-4-14(5-8-16)24-19-11-20(23-12-22-19)25-15-6-9-18(26-3)17(21)10-15/h4-13H,1-3H3,(H2,22,23,24,25). The normalized spacial score (nSPS) is 10.6. The topological polar surface area (TPSA) is 68.3 Å². The molecule has 0 spiro atoms. The average Bonchev–Trinajstić information content (AvgIpc) is 2.63. The van der Waals surface area contributed by atoms with Crippen molar-refractivity contribution in [3.8, 4) is 11.5 Å². The maximum absolute atomic E-state index is 6.16. The quantitative estimate of drug-likeness (QED) is 0.567. The molecular formula is C20H21ClN4O2. The van der Waals surface area contributed by atoms with E-state index in [1.807, 2.05) is 50.2 Å². The van der Waals surface area contributed by atoms with Gasteiger partial charge in [0.25, 0.3) is 0 Å². The molecule has 0 aliphatic rings. The van der Waals surface area contributed by atoms with E-state index in [-0.39, 0.29) is 6.10 Å². The molecule has 1 aromatic heterocycles. The Kier molecular flexibility index (Phi) is 5.98. The zero-order valence-corrected chi connectivity index (χ0v) is 16.1. The third-order valence-corrected chi connectivity index (χ3v) is 3.89. The Bertz CT molecular complexity index is 901. The van der Waals surface area contributed by atoms with Gasteiger partial charge in [-0.3, -0.25) is 0 Å². The molecule has 3 aromatic rings. The van der Waals surface area contributed by atoms with Gasteiger partial charge in [-0.2, -0.15) is 0 Å². The zero-order chi connectivity index (χ0) is 19.2. The van der Waals surface area contributed by atoms with E-state index in [1.54, 1.807) is 19.2 Å². The molecule has 140 valence electrons. The molecule has 2 aromatic carbocycles. The van der Waals surface area contributed by atoms with Crippen molar-refractivity contribution < 1.29 is 9.47 Å². The van der Waals surface area contributed by atoms with Gasteiger partial charge in [0.1, 0.15) is 29.5 Å². The molecule has 0 radical (unpaired) electrons. The summed E-state index contributed by atoms with van der Waals surface area (Å²) in [6.07, 6.45) is 1.64. The van der Waals surface area contributed by atoms with E-state index in [0.29, 0.717) is 22.4 Å². The van der Waals surface area contributed by atoms with Gasteiger partial charge in [-0.05, 0) is 56.3 Å². The largest absolute Gasteiger partial charge is 0.495 e. The Balaban J connectivity index is 1.69. The minimum absolute atomic E-state index is 0.144. The number of rotatable bonds is 7. The number of ether oxygens (including phenoxy) is 2. The number of aromatic nitrogens is 2. The van der Waals surface area contributed by atoms with Crippen LogP contribution in [0.25, 0.3) is 0 Å². The molecule has 0 aliphatic heterocycles. The summed E-state index contributed by atoms with van der Waals surface area (Å²) in [5, 5.41) is 6.98. The Morgan fingerprint density at radius 3 is 2.11 bits per heavy atom. The van der Waals surface area contributed by atoms with Crippen LogP contribution in [-0.2, 0) is 0 Å². The van der Waals surface area contributed by atoms with Crippen LogP contribution in [0.1, 0.15) is 13.8 Å². The number of hydrogen-bond acceptors (Lipinski definition) is 6. The minimum atomic E-state index is 0.144. The number of halogens is 1. The van der Waals surface area contributed by atoms with Crippen molar-refractivity contribution >= 4 is 34.6 Å². The number of benzene rings is 2. The van der Waals surface area contributed by atoms with E-state index < -0.39 is 0 Å². The molecule has 27 heavy (non-hydrogen) atoms. The van der Waals surface area contributed by atoms with E-state index in [0.717, 1.165) is 17.1 Å². The lowest BCUT2D eigenvalue weighted by Gasteiger charge is -2.12. The van der Waals surface area contributed by atoms with Crippen molar-refractivity contribution in [3.05, 3.63) is 59.9 Å². The maximum Gasteiger partial charge on any atom is 0.137 e. The van der Waals surface area contributed by atoms with Gasteiger partial charge in [0.2, 0.25) is 0 Å². The summed E-state index contributed by atoms with van der Waals surface area (Å²) < 4.78 is 10.8. The van der Waals surface area contributed by atoms with Crippen molar-refractivity contribution in [1.29, 1.82) is 0 Å². The predicted octanol–water partition coefficient (Wildman–Crippen LogP) is 5.41. The first kappa shape index (κ1) is 18.8. The Hall–Kier alpha value is -2.99. The van der Waals surface area contributed by atoms with E-state index >= 15 is 0 Å². The lowest BCUT2D eigenvalue weighted by atomic mass is 10.3. The van der Waals surface area contributed by atoms with E-state index in [2.05, 4.69) is 20.6 Å². The van der Waals surface area contributed by atoms with Gasteiger partial charge in [-0.1, -0.05) is 11.6 Å². The van der Waals surface area contributed by atoms with Gasteiger partial charge < -0.3 is 20.1 Å². The van der Waals surface area contributed by atoms with Crippen LogP contribution in [0.15, 0.2) is 54.9 Å². The van der Waals surface area contributed by atoms with Crippen LogP contribution in [0.5, 0.6) is 11.5 Å². The zero-order valence-electron chi connectivity index (χ0n) is 15.4. The molecular weight excluding hydrogens is 364 g/mol. The van der Waals surface area contributed by atoms with Crippen molar-refractivity contribution in [3.63, 3.8) is 0 Å². The Morgan fingerprint density at radius 2 is 1.52 bits per heavy atom. The fourth-order valence-electron chi connectivity index (χ4n) is 2.42. The molecule has 0 bridgehead atoms. The second kappa shape index (κ2) is 8.60. The fraction of sp³-hybridized carbons (Fsp3) is 0.200. The van der Waals surface area contributed by atoms with Gasteiger partial charge in [0, 0.05) is 17.4 Å². The second-order valence-corrected chi connectivity index (χ2v) is 6.49. The molecule has 0 fully saturated rings. The summed E-state index contributed by atoms with van der Waals surface area (Å²) in [5.41, 5.74) is 1.71. The molecule has 2 N–H and O–H groups in total. The fourth-order valence-corrected chi connectivity index (χ4v) is 2.68. The minimum Gasteiger partial charge on any atom is -0.495 e. The summed E-state index contributed by atoms with van der Waals surface area (Å²) in [4.78, 5) is 8.49. The first-order valence-electron chi connectivity index (χ1n) is 8.50. The highest BCUT2D eigenvalue weighted by Gasteiger charge is 2.05. The summed E-state index contributed by atoms with van der Waals surface area (Å²) in [7, 11) is 1.58. The predicted molar refractivity (Wildman–Crippen MR) is 109 cm³/mol. The van der Waals surface area contributed by atoms with Crippen LogP contribution >= 0.6 is 11.6 Å². The lowest BCUT2D eigenvalue weighted by molar-refractivity contribution is 0.242. The third-order valence-electron chi connectivity index (χ3n) is 3.59. The highest BCUT2D eigenvalue weighted by molar-refractivity contribution is 6.32. The van der Waals surface area contributed by atoms with Crippen molar-refractivity contribution in [2.45, 2.75) is 20.0 Å². The molecule has 7 heteroatoms. The molecule has 3 rings (SSSR count). The Morgan fingerprint density at radius 1 is 0.889 bits per heavy atom. The van der Waals surface area contributed by atoms with Crippen LogP contribution in [0.4, 0.5) is 23.0 Å².